The molecule has 0 spiro atoms. The van der Waals surface area contributed by atoms with Crippen molar-refractivity contribution in [1.29, 1.82) is 0 Å². The number of amides is 1. The van der Waals surface area contributed by atoms with Gasteiger partial charge in [-0.2, -0.15) is 0 Å². The van der Waals surface area contributed by atoms with Crippen molar-refractivity contribution in [3.8, 4) is 0 Å². The van der Waals surface area contributed by atoms with Crippen molar-refractivity contribution in [2.75, 3.05) is 6.73 Å². The molecule has 1 aromatic rings. The van der Waals surface area contributed by atoms with Crippen molar-refractivity contribution in [2.24, 2.45) is 5.73 Å². The Kier molecular flexibility index (Phi) is 5.83. The smallest absolute Gasteiger partial charge is 0.321 e. The molecule has 0 unspecified atom stereocenters. The maximum atomic E-state index is 10.8. The third-order valence-corrected chi connectivity index (χ3v) is 2.25. The number of ether oxygens (including phenoxy) is 1. The van der Waals surface area contributed by atoms with Crippen molar-refractivity contribution in [3.05, 3.63) is 35.9 Å². The molecule has 1 atom stereocenters. The lowest BCUT2D eigenvalue weighted by Gasteiger charge is -2.12. The molecule has 98 valence electrons. The molecule has 1 rings (SSSR count). The molecule has 0 aliphatic heterocycles. The van der Waals surface area contributed by atoms with Crippen molar-refractivity contribution < 1.29 is 19.4 Å². The molecule has 0 fully saturated rings. The van der Waals surface area contributed by atoms with Crippen LogP contribution in [0.15, 0.2) is 30.3 Å². The molecular weight excluding hydrogens is 236 g/mol. The minimum absolute atomic E-state index is 0.0408. The van der Waals surface area contributed by atoms with Crippen LogP contribution in [0.3, 0.4) is 0 Å². The van der Waals surface area contributed by atoms with Crippen LogP contribution in [0.2, 0.25) is 0 Å². The average molecular weight is 252 g/mol. The highest BCUT2D eigenvalue weighted by atomic mass is 16.5. The van der Waals surface area contributed by atoms with E-state index >= 15 is 0 Å². The van der Waals surface area contributed by atoms with Crippen molar-refractivity contribution in [1.82, 2.24) is 5.32 Å². The van der Waals surface area contributed by atoms with Gasteiger partial charge in [0.1, 0.15) is 6.04 Å². The van der Waals surface area contributed by atoms with Crippen LogP contribution in [-0.2, 0) is 20.9 Å². The van der Waals surface area contributed by atoms with E-state index in [1.807, 2.05) is 30.3 Å². The van der Waals surface area contributed by atoms with Crippen LogP contribution in [0.4, 0.5) is 0 Å². The highest BCUT2D eigenvalue weighted by Gasteiger charge is 2.18. The molecule has 6 nitrogen and oxygen atoms in total. The Morgan fingerprint density at radius 2 is 2.00 bits per heavy atom. The van der Waals surface area contributed by atoms with Gasteiger partial charge in [-0.1, -0.05) is 30.3 Å². The monoisotopic (exact) mass is 252 g/mol. The number of hydrogen-bond acceptors (Lipinski definition) is 4. The summed E-state index contributed by atoms with van der Waals surface area (Å²) in [6.07, 6.45) is -0.260. The molecule has 18 heavy (non-hydrogen) atoms. The highest BCUT2D eigenvalue weighted by molar-refractivity contribution is 5.83. The van der Waals surface area contributed by atoms with E-state index in [0.717, 1.165) is 5.56 Å². The number of carboxylic acids is 1. The lowest BCUT2D eigenvalue weighted by Crippen LogP contribution is -2.41. The SMILES string of the molecule is NC(=O)C[C@H](NCOCc1ccccc1)C(=O)O. The maximum Gasteiger partial charge on any atom is 0.321 e. The molecule has 0 aromatic heterocycles. The summed E-state index contributed by atoms with van der Waals surface area (Å²) in [5.74, 6) is -1.80. The van der Waals surface area contributed by atoms with E-state index in [1.54, 1.807) is 0 Å². The van der Waals surface area contributed by atoms with Gasteiger partial charge < -0.3 is 15.6 Å². The number of nitrogens with one attached hydrogen (secondary N) is 1. The first-order valence-electron chi connectivity index (χ1n) is 5.45. The number of primary amides is 1. The Hall–Kier alpha value is -1.92. The molecule has 1 aromatic carbocycles. The van der Waals surface area contributed by atoms with Crippen LogP contribution < -0.4 is 11.1 Å². The van der Waals surface area contributed by atoms with E-state index < -0.39 is 17.9 Å². The maximum absolute atomic E-state index is 10.8. The zero-order valence-corrected chi connectivity index (χ0v) is 9.83. The third kappa shape index (κ3) is 5.42. The topological polar surface area (TPSA) is 102 Å². The molecule has 0 radical (unpaired) electrons. The predicted octanol–water partition coefficient (Wildman–Crippen LogP) is 0.0789. The number of carboxylic acid groups (broad SMARTS) is 1. The second kappa shape index (κ2) is 7.41. The Morgan fingerprint density at radius 1 is 1.33 bits per heavy atom. The van der Waals surface area contributed by atoms with Gasteiger partial charge in [-0.15, -0.1) is 0 Å². The van der Waals surface area contributed by atoms with Crippen LogP contribution in [0, 0.1) is 0 Å². The summed E-state index contributed by atoms with van der Waals surface area (Å²) in [7, 11) is 0. The first-order valence-corrected chi connectivity index (χ1v) is 5.45. The fourth-order valence-electron chi connectivity index (χ4n) is 1.35. The van der Waals surface area contributed by atoms with Gasteiger partial charge in [0, 0.05) is 0 Å². The van der Waals surface area contributed by atoms with Crippen LogP contribution in [0.5, 0.6) is 0 Å². The van der Waals surface area contributed by atoms with Gasteiger partial charge in [0.15, 0.2) is 0 Å². The van der Waals surface area contributed by atoms with E-state index in [-0.39, 0.29) is 13.2 Å². The van der Waals surface area contributed by atoms with Crippen molar-refractivity contribution in [2.45, 2.75) is 19.1 Å². The first kappa shape index (κ1) is 14.1. The quantitative estimate of drug-likeness (QED) is 0.449. The van der Waals surface area contributed by atoms with Gasteiger partial charge in [0.05, 0.1) is 19.8 Å². The summed E-state index contributed by atoms with van der Waals surface area (Å²) in [5, 5.41) is 11.4. The summed E-state index contributed by atoms with van der Waals surface area (Å²) in [4.78, 5) is 21.4. The molecule has 4 N–H and O–H groups in total. The number of aliphatic carboxylic acids is 1. The van der Waals surface area contributed by atoms with Crippen molar-refractivity contribution >= 4 is 11.9 Å². The molecule has 0 saturated carbocycles. The highest BCUT2D eigenvalue weighted by Crippen LogP contribution is 2.00. The first-order chi connectivity index (χ1) is 8.59. The number of benzene rings is 1. The van der Waals surface area contributed by atoms with Crippen LogP contribution >= 0.6 is 0 Å². The van der Waals surface area contributed by atoms with Crippen molar-refractivity contribution in [3.63, 3.8) is 0 Å². The van der Waals surface area contributed by atoms with E-state index in [1.165, 1.54) is 0 Å². The molecule has 0 aliphatic carbocycles. The van der Waals surface area contributed by atoms with Crippen LogP contribution in [-0.4, -0.2) is 29.8 Å². The second-order valence-electron chi connectivity index (χ2n) is 3.74. The lowest BCUT2D eigenvalue weighted by atomic mass is 10.2. The zero-order valence-electron chi connectivity index (χ0n) is 9.83. The minimum Gasteiger partial charge on any atom is -0.480 e. The third-order valence-electron chi connectivity index (χ3n) is 2.25. The Bertz CT molecular complexity index is 394. The standard InChI is InChI=1S/C12H16N2O4/c13-11(15)6-10(12(16)17)14-8-18-7-9-4-2-1-3-5-9/h1-5,10,14H,6-8H2,(H2,13,15)(H,16,17)/t10-/m0/s1. The normalized spacial score (nSPS) is 12.0. The fraction of sp³-hybridized carbons (Fsp3) is 0.333. The summed E-state index contributed by atoms with van der Waals surface area (Å²) < 4.78 is 5.26. The average Bonchev–Trinajstić information content (AvgIpc) is 2.33. The van der Waals surface area contributed by atoms with E-state index in [2.05, 4.69) is 5.32 Å². The van der Waals surface area contributed by atoms with Gasteiger partial charge in [-0.05, 0) is 5.56 Å². The summed E-state index contributed by atoms with van der Waals surface area (Å²) in [5.41, 5.74) is 5.93. The number of hydrogen-bond donors (Lipinski definition) is 3. The van der Waals surface area contributed by atoms with E-state index in [9.17, 15) is 9.59 Å². The minimum atomic E-state index is -1.13. The largest absolute Gasteiger partial charge is 0.480 e. The van der Waals surface area contributed by atoms with Gasteiger partial charge in [0.25, 0.3) is 0 Å². The van der Waals surface area contributed by atoms with Crippen LogP contribution in [0.25, 0.3) is 0 Å². The molecular formula is C12H16N2O4. The molecule has 0 bridgehead atoms. The molecule has 0 saturated heterocycles. The summed E-state index contributed by atoms with van der Waals surface area (Å²) >= 11 is 0. The predicted molar refractivity (Wildman–Crippen MR) is 64.5 cm³/mol. The lowest BCUT2D eigenvalue weighted by molar-refractivity contribution is -0.141. The van der Waals surface area contributed by atoms with Gasteiger partial charge in [-0.3, -0.25) is 14.9 Å². The van der Waals surface area contributed by atoms with Gasteiger partial charge in [0.2, 0.25) is 5.91 Å². The number of carbonyl (C=O) groups is 2. The summed E-state index contributed by atoms with van der Waals surface area (Å²) in [6.45, 7) is 0.413. The Labute approximate surface area is 105 Å². The Morgan fingerprint density at radius 3 is 2.56 bits per heavy atom. The van der Waals surface area contributed by atoms with E-state index in [4.69, 9.17) is 15.6 Å². The van der Waals surface area contributed by atoms with Gasteiger partial charge >= 0.3 is 5.97 Å². The molecule has 0 heterocycles. The summed E-state index contributed by atoms with van der Waals surface area (Å²) in [6, 6.07) is 8.46. The van der Waals surface area contributed by atoms with Gasteiger partial charge in [-0.25, -0.2) is 0 Å². The zero-order chi connectivity index (χ0) is 13.4. The molecule has 0 aliphatic rings. The molecule has 6 heteroatoms. The number of carbonyl (C=O) groups excluding carboxylic acids is 1. The Balaban J connectivity index is 2.27. The molecule has 1 amide bonds. The fourth-order valence-corrected chi connectivity index (χ4v) is 1.35. The second-order valence-corrected chi connectivity index (χ2v) is 3.74. The number of nitrogens with two attached hydrogens (primary N) is 1. The number of rotatable bonds is 8. The van der Waals surface area contributed by atoms with E-state index in [0.29, 0.717) is 6.61 Å². The van der Waals surface area contributed by atoms with Crippen LogP contribution in [0.1, 0.15) is 12.0 Å².